The van der Waals surface area contributed by atoms with Crippen LogP contribution < -0.4 is 21.3 Å². The van der Waals surface area contributed by atoms with Crippen LogP contribution in [0.4, 0.5) is 11.6 Å². The van der Waals surface area contributed by atoms with Crippen molar-refractivity contribution in [1.29, 1.82) is 0 Å². The Labute approximate surface area is 202 Å². The maximum atomic E-state index is 6.14. The molecule has 3 aromatic rings. The van der Waals surface area contributed by atoms with E-state index in [2.05, 4.69) is 68.7 Å². The van der Waals surface area contributed by atoms with Gasteiger partial charge in [-0.1, -0.05) is 31.1 Å². The molecule has 7 heteroatoms. The molecule has 1 aliphatic heterocycles. The fourth-order valence-electron chi connectivity index (χ4n) is 4.93. The molecule has 0 spiro atoms. The van der Waals surface area contributed by atoms with Crippen LogP contribution in [-0.2, 0) is 0 Å². The molecule has 1 saturated heterocycles. The summed E-state index contributed by atoms with van der Waals surface area (Å²) in [4.78, 5) is 12.0. The third-order valence-corrected chi connectivity index (χ3v) is 7.04. The molecule has 1 aliphatic carbocycles. The topological polar surface area (TPSA) is 84.0 Å². The highest BCUT2D eigenvalue weighted by Gasteiger charge is 2.17. The molecular weight excluding hydrogens is 422 g/mol. The van der Waals surface area contributed by atoms with Crippen molar-refractivity contribution in [2.24, 2.45) is 5.73 Å². The van der Waals surface area contributed by atoms with Gasteiger partial charge in [-0.15, -0.1) is 0 Å². The van der Waals surface area contributed by atoms with E-state index in [0.29, 0.717) is 12.0 Å². The van der Waals surface area contributed by atoms with Crippen molar-refractivity contribution in [3.8, 4) is 11.1 Å². The number of benzene rings is 1. The van der Waals surface area contributed by atoms with Crippen molar-refractivity contribution >= 4 is 28.9 Å². The number of nitrogens with one attached hydrogen (secondary N) is 2. The van der Waals surface area contributed by atoms with E-state index in [9.17, 15) is 0 Å². The number of hydrogen-bond donors (Lipinski definition) is 3. The summed E-state index contributed by atoms with van der Waals surface area (Å²) in [5, 5.41) is 7.89. The minimum absolute atomic E-state index is 0.333. The van der Waals surface area contributed by atoms with Crippen molar-refractivity contribution in [2.75, 3.05) is 42.9 Å². The second kappa shape index (κ2) is 10.6. The minimum Gasteiger partial charge on any atom is -0.369 e. The number of nitrogens with zero attached hydrogens (tertiary/aromatic N) is 4. The Morgan fingerprint density at radius 3 is 2.65 bits per heavy atom. The van der Waals surface area contributed by atoms with Crippen LogP contribution >= 0.6 is 0 Å². The van der Waals surface area contributed by atoms with Crippen molar-refractivity contribution in [1.82, 2.24) is 19.9 Å². The van der Waals surface area contributed by atoms with Crippen LogP contribution in [0.5, 0.6) is 0 Å². The summed E-state index contributed by atoms with van der Waals surface area (Å²) in [6.07, 6.45) is 13.0. The van der Waals surface area contributed by atoms with Crippen LogP contribution in [0.1, 0.15) is 45.4 Å². The van der Waals surface area contributed by atoms with E-state index in [4.69, 9.17) is 10.7 Å². The summed E-state index contributed by atoms with van der Waals surface area (Å²) in [7, 11) is 0. The molecule has 1 aromatic carbocycles. The highest BCUT2D eigenvalue weighted by Crippen LogP contribution is 2.33. The average Bonchev–Trinajstić information content (AvgIpc) is 3.24. The van der Waals surface area contributed by atoms with E-state index < -0.39 is 0 Å². The number of piperazine rings is 1. The van der Waals surface area contributed by atoms with Gasteiger partial charge in [0.1, 0.15) is 5.65 Å². The lowest BCUT2D eigenvalue weighted by atomic mass is 9.92. The number of rotatable bonds is 7. The van der Waals surface area contributed by atoms with Crippen molar-refractivity contribution in [2.45, 2.75) is 51.5 Å². The van der Waals surface area contributed by atoms with Gasteiger partial charge in [-0.05, 0) is 49.8 Å². The largest absolute Gasteiger partial charge is 0.369 e. The van der Waals surface area contributed by atoms with E-state index in [1.54, 1.807) is 0 Å². The average molecular weight is 460 g/mol. The molecule has 34 heavy (non-hydrogen) atoms. The van der Waals surface area contributed by atoms with Gasteiger partial charge in [0.25, 0.3) is 0 Å². The van der Waals surface area contributed by atoms with Crippen LogP contribution in [0.25, 0.3) is 28.4 Å². The molecule has 0 amide bonds. The Kier molecular flexibility index (Phi) is 7.11. The molecular formula is C27H37N7. The monoisotopic (exact) mass is 459 g/mol. The zero-order valence-electron chi connectivity index (χ0n) is 20.3. The number of allylic oxidation sites excluding steroid dienone is 1. The van der Waals surface area contributed by atoms with Gasteiger partial charge in [-0.2, -0.15) is 4.98 Å². The van der Waals surface area contributed by atoms with Gasteiger partial charge in [0, 0.05) is 74.0 Å². The van der Waals surface area contributed by atoms with E-state index in [1.807, 2.05) is 6.20 Å². The highest BCUT2D eigenvalue weighted by molar-refractivity contribution is 5.95. The first-order valence-electron chi connectivity index (χ1n) is 12.8. The first kappa shape index (κ1) is 22.9. The zero-order chi connectivity index (χ0) is 23.3. The Bertz CT molecular complexity index is 1120. The van der Waals surface area contributed by atoms with Crippen LogP contribution in [0.3, 0.4) is 0 Å². The molecule has 0 atom stereocenters. The summed E-state index contributed by atoms with van der Waals surface area (Å²) >= 11 is 0. The third kappa shape index (κ3) is 5.10. The summed E-state index contributed by atoms with van der Waals surface area (Å²) in [6, 6.07) is 9.28. The second-order valence-electron chi connectivity index (χ2n) is 9.57. The van der Waals surface area contributed by atoms with E-state index in [0.717, 1.165) is 82.3 Å². The summed E-state index contributed by atoms with van der Waals surface area (Å²) in [6.45, 7) is 7.28. The summed E-state index contributed by atoms with van der Waals surface area (Å²) < 4.78 is 2.20. The molecule has 0 radical (unpaired) electrons. The lowest BCUT2D eigenvalue weighted by Crippen LogP contribution is -2.43. The molecule has 1 saturated carbocycles. The van der Waals surface area contributed by atoms with Gasteiger partial charge in [-0.3, -0.25) is 0 Å². The van der Waals surface area contributed by atoms with E-state index in [-0.39, 0.29) is 0 Å². The molecule has 0 unspecified atom stereocenters. The smallest absolute Gasteiger partial charge is 0.224 e. The number of fused-ring (bicyclic) bond motifs is 1. The first-order valence-corrected chi connectivity index (χ1v) is 12.8. The van der Waals surface area contributed by atoms with Gasteiger partial charge in [-0.25, -0.2) is 4.98 Å². The molecule has 7 nitrogen and oxygen atoms in total. The molecule has 0 bridgehead atoms. The molecule has 2 aliphatic rings. The fraction of sp³-hybridized carbons (Fsp3) is 0.481. The van der Waals surface area contributed by atoms with Crippen LogP contribution in [0.15, 0.2) is 42.2 Å². The Hall–Kier alpha value is -2.90. The van der Waals surface area contributed by atoms with Gasteiger partial charge in [0.2, 0.25) is 5.95 Å². The molecule has 180 valence electrons. The van der Waals surface area contributed by atoms with Gasteiger partial charge >= 0.3 is 0 Å². The standard InChI is InChI=1S/C27H37N7/c1-2-3-12-30-27-31-17-24-25(21-6-10-23(11-7-21)33-15-13-29-14-16-33)19-34(26(24)32-27)18-20-4-8-22(28)9-5-20/h6-7,10-11,17-19,22,29H,2-5,8-9,12-16,28H2,1H3,(H,30,31,32). The number of hydrogen-bond acceptors (Lipinski definition) is 6. The molecule has 3 heterocycles. The first-order chi connectivity index (χ1) is 16.7. The SMILES string of the molecule is CCCCNc1ncc2c(-c3ccc(N4CCNCC4)cc3)cn(C=C3CCC(N)CC3)c2n1. The molecule has 5 rings (SSSR count). The van der Waals surface area contributed by atoms with Crippen LogP contribution in [0.2, 0.25) is 0 Å². The summed E-state index contributed by atoms with van der Waals surface area (Å²) in [5.74, 6) is 0.699. The van der Waals surface area contributed by atoms with Crippen LogP contribution in [-0.4, -0.2) is 53.3 Å². The Morgan fingerprint density at radius 1 is 1.15 bits per heavy atom. The van der Waals surface area contributed by atoms with Crippen molar-refractivity contribution < 1.29 is 0 Å². The number of aromatic nitrogens is 3. The lowest BCUT2D eigenvalue weighted by molar-refractivity contribution is 0.513. The highest BCUT2D eigenvalue weighted by atomic mass is 15.2. The summed E-state index contributed by atoms with van der Waals surface area (Å²) in [5.41, 5.74) is 12.2. The van der Waals surface area contributed by atoms with Crippen LogP contribution in [0, 0.1) is 0 Å². The van der Waals surface area contributed by atoms with Gasteiger partial charge < -0.3 is 25.8 Å². The fourth-order valence-corrected chi connectivity index (χ4v) is 4.93. The minimum atomic E-state index is 0.333. The predicted octanol–water partition coefficient (Wildman–Crippen LogP) is 4.46. The van der Waals surface area contributed by atoms with Gasteiger partial charge in [0.05, 0.1) is 0 Å². The third-order valence-electron chi connectivity index (χ3n) is 7.04. The van der Waals surface area contributed by atoms with E-state index >= 15 is 0 Å². The Morgan fingerprint density at radius 2 is 1.91 bits per heavy atom. The van der Waals surface area contributed by atoms with Gasteiger partial charge in [0.15, 0.2) is 0 Å². The Balaban J connectivity index is 1.49. The van der Waals surface area contributed by atoms with Crippen molar-refractivity contribution in [3.63, 3.8) is 0 Å². The maximum Gasteiger partial charge on any atom is 0.224 e. The van der Waals surface area contributed by atoms with E-state index in [1.165, 1.54) is 22.4 Å². The molecule has 2 fully saturated rings. The molecule has 2 aromatic heterocycles. The number of anilines is 2. The second-order valence-corrected chi connectivity index (χ2v) is 9.57. The lowest BCUT2D eigenvalue weighted by Gasteiger charge is -2.29. The number of unbranched alkanes of at least 4 members (excludes halogenated alkanes) is 1. The molecule has 4 N–H and O–H groups in total. The maximum absolute atomic E-state index is 6.14. The van der Waals surface area contributed by atoms with Crippen molar-refractivity contribution in [3.05, 3.63) is 42.2 Å². The predicted molar refractivity (Wildman–Crippen MR) is 142 cm³/mol. The zero-order valence-corrected chi connectivity index (χ0v) is 20.3. The normalized spacial score (nSPS) is 18.9. The quantitative estimate of drug-likeness (QED) is 0.453. The number of nitrogens with two attached hydrogens (primary N) is 1.